The number of hydrogen-bond donors (Lipinski definition) is 1. The molecule has 160 valence electrons. The zero-order valence-electron chi connectivity index (χ0n) is 16.8. The first-order valence-corrected chi connectivity index (χ1v) is 9.69. The Morgan fingerprint density at radius 1 is 1.33 bits per heavy atom. The van der Waals surface area contributed by atoms with Gasteiger partial charge in [-0.1, -0.05) is 0 Å². The third-order valence-electron chi connectivity index (χ3n) is 5.69. The third kappa shape index (κ3) is 3.09. The number of hydrogen-bond acceptors (Lipinski definition) is 6. The Balaban J connectivity index is 1.97. The molecule has 0 unspecified atom stereocenters. The van der Waals surface area contributed by atoms with E-state index in [4.69, 9.17) is 4.74 Å². The van der Waals surface area contributed by atoms with Gasteiger partial charge >= 0.3 is 12.6 Å². The molecular weight excluding hydrogens is 398 g/mol. The second kappa shape index (κ2) is 7.00. The average Bonchev–Trinajstić information content (AvgIpc) is 2.98. The first-order valence-electron chi connectivity index (χ1n) is 9.69. The van der Waals surface area contributed by atoms with Crippen molar-refractivity contribution in [3.63, 3.8) is 0 Å². The van der Waals surface area contributed by atoms with Gasteiger partial charge in [0.25, 0.3) is 0 Å². The molecule has 1 N–H and O–H groups in total. The Morgan fingerprint density at radius 2 is 2.07 bits per heavy atom. The molecule has 4 rings (SSSR count). The molecule has 3 heterocycles. The van der Waals surface area contributed by atoms with Crippen LogP contribution < -0.4 is 15.2 Å². The van der Waals surface area contributed by atoms with Crippen molar-refractivity contribution >= 4 is 5.97 Å². The molecule has 0 saturated carbocycles. The number of rotatable bonds is 4. The number of ether oxygens (including phenoxy) is 2. The highest BCUT2D eigenvalue weighted by molar-refractivity contribution is 5.89. The summed E-state index contributed by atoms with van der Waals surface area (Å²) in [5.41, 5.74) is 0.677. The van der Waals surface area contributed by atoms with Gasteiger partial charge in [0.15, 0.2) is 16.9 Å². The number of pyridine rings is 1. The molecule has 1 aromatic heterocycles. The van der Waals surface area contributed by atoms with Crippen molar-refractivity contribution < 1.29 is 28.2 Å². The fraction of sp³-hybridized carbons (Fsp3) is 0.429. The van der Waals surface area contributed by atoms with Gasteiger partial charge in [-0.25, -0.2) is 4.79 Å². The predicted molar refractivity (Wildman–Crippen MR) is 105 cm³/mol. The Morgan fingerprint density at radius 3 is 2.73 bits per heavy atom. The van der Waals surface area contributed by atoms with Gasteiger partial charge in [-0.3, -0.25) is 14.5 Å². The molecular formula is C21H22F2N2O5. The van der Waals surface area contributed by atoms with E-state index >= 15 is 0 Å². The van der Waals surface area contributed by atoms with E-state index in [1.807, 2.05) is 18.9 Å². The van der Waals surface area contributed by atoms with Gasteiger partial charge in [-0.15, -0.1) is 0 Å². The second-order valence-electron chi connectivity index (χ2n) is 8.00. The summed E-state index contributed by atoms with van der Waals surface area (Å²) < 4.78 is 36.7. The Kier molecular flexibility index (Phi) is 4.71. The van der Waals surface area contributed by atoms with Gasteiger partial charge in [-0.2, -0.15) is 8.78 Å². The van der Waals surface area contributed by atoms with Crippen LogP contribution in [0.1, 0.15) is 55.6 Å². The standard InChI is InChI=1S/C21H22F2N2O5/c1-4-29-19(28)13-10-24-15(9-16(13)26)12-8-18(30-20(22)23)17(27)7-11(12)14-5-6-21(2,3)25(14)24/h7-10,14,20,27H,4-6H2,1-3H3/t14-/m1/s1. The van der Waals surface area contributed by atoms with E-state index in [9.17, 15) is 23.5 Å². The monoisotopic (exact) mass is 420 g/mol. The van der Waals surface area contributed by atoms with Crippen molar-refractivity contribution in [2.24, 2.45) is 0 Å². The Bertz CT molecular complexity index is 1080. The number of aromatic hydroxyl groups is 1. The van der Waals surface area contributed by atoms with Crippen LogP contribution in [0.15, 0.2) is 29.2 Å². The zero-order chi connectivity index (χ0) is 21.8. The number of nitrogens with zero attached hydrogens (tertiary/aromatic N) is 2. The number of esters is 1. The quantitative estimate of drug-likeness (QED) is 0.762. The SMILES string of the molecule is CCOC(=O)c1cn2c(cc1=O)-c1cc(OC(F)F)c(O)cc1[C@H]1CCC(C)(C)N12. The number of carbonyl (C=O) groups excluding carboxylic acids is 1. The van der Waals surface area contributed by atoms with Crippen LogP contribution in [0.3, 0.4) is 0 Å². The lowest BCUT2D eigenvalue weighted by atomic mass is 9.93. The topological polar surface area (TPSA) is 81.0 Å². The normalized spacial score (nSPS) is 18.6. The van der Waals surface area contributed by atoms with Crippen molar-refractivity contribution in [2.45, 2.75) is 51.8 Å². The van der Waals surface area contributed by atoms with Crippen LogP contribution in [0, 0.1) is 0 Å². The highest BCUT2D eigenvalue weighted by Crippen LogP contribution is 2.50. The maximum atomic E-state index is 12.8. The van der Waals surface area contributed by atoms with Crippen LogP contribution >= 0.6 is 0 Å². The molecule has 1 fully saturated rings. The number of phenolic OH excluding ortho intramolecular Hbond substituents is 1. The summed E-state index contributed by atoms with van der Waals surface area (Å²) in [7, 11) is 0. The number of fused-ring (bicyclic) bond motifs is 6. The summed E-state index contributed by atoms with van der Waals surface area (Å²) in [5.74, 6) is -1.48. The molecule has 9 heteroatoms. The maximum Gasteiger partial charge on any atom is 0.387 e. The summed E-state index contributed by atoms with van der Waals surface area (Å²) in [6, 6.07) is 3.85. The molecule has 2 aromatic rings. The van der Waals surface area contributed by atoms with Gasteiger partial charge in [0.05, 0.1) is 23.9 Å². The summed E-state index contributed by atoms with van der Waals surface area (Å²) in [5, 5.41) is 12.3. The number of aromatic nitrogens is 1. The first kappa shape index (κ1) is 20.2. The van der Waals surface area contributed by atoms with E-state index < -0.39 is 23.8 Å². The number of benzene rings is 1. The van der Waals surface area contributed by atoms with Crippen LogP contribution in [0.2, 0.25) is 0 Å². The van der Waals surface area contributed by atoms with Crippen molar-refractivity contribution in [3.8, 4) is 22.8 Å². The summed E-state index contributed by atoms with van der Waals surface area (Å²) in [4.78, 5) is 24.9. The van der Waals surface area contributed by atoms with Crippen molar-refractivity contribution in [2.75, 3.05) is 11.6 Å². The fourth-order valence-electron chi connectivity index (χ4n) is 4.42. The fourth-order valence-corrected chi connectivity index (χ4v) is 4.42. The Labute approximate surface area is 171 Å². The predicted octanol–water partition coefficient (Wildman–Crippen LogP) is 3.56. The van der Waals surface area contributed by atoms with Crippen LogP contribution in [0.25, 0.3) is 11.3 Å². The van der Waals surface area contributed by atoms with Gasteiger partial charge in [-0.05, 0) is 51.3 Å². The van der Waals surface area contributed by atoms with E-state index in [0.717, 1.165) is 12.8 Å². The smallest absolute Gasteiger partial charge is 0.387 e. The van der Waals surface area contributed by atoms with E-state index in [0.29, 0.717) is 16.8 Å². The van der Waals surface area contributed by atoms with Crippen molar-refractivity contribution in [1.29, 1.82) is 0 Å². The minimum Gasteiger partial charge on any atom is -0.504 e. The maximum absolute atomic E-state index is 12.8. The van der Waals surface area contributed by atoms with Gasteiger partial charge in [0.1, 0.15) is 5.56 Å². The lowest BCUT2D eigenvalue weighted by molar-refractivity contribution is -0.0512. The Hall–Kier alpha value is -3.10. The van der Waals surface area contributed by atoms with Crippen LogP contribution in [-0.2, 0) is 4.74 Å². The number of alkyl halides is 2. The second-order valence-corrected chi connectivity index (χ2v) is 8.00. The van der Waals surface area contributed by atoms with E-state index in [1.165, 1.54) is 24.4 Å². The molecule has 7 nitrogen and oxygen atoms in total. The molecule has 2 aliphatic rings. The summed E-state index contributed by atoms with van der Waals surface area (Å²) in [6.45, 7) is 2.76. The van der Waals surface area contributed by atoms with Crippen molar-refractivity contribution in [1.82, 2.24) is 4.68 Å². The van der Waals surface area contributed by atoms with Crippen molar-refractivity contribution in [3.05, 3.63) is 45.7 Å². The lowest BCUT2D eigenvalue weighted by Gasteiger charge is -2.44. The van der Waals surface area contributed by atoms with E-state index in [2.05, 4.69) is 4.74 Å². The summed E-state index contributed by atoms with van der Waals surface area (Å²) >= 11 is 0. The molecule has 0 radical (unpaired) electrons. The first-order chi connectivity index (χ1) is 14.1. The van der Waals surface area contributed by atoms with Crippen LogP contribution in [-0.4, -0.2) is 34.5 Å². The molecule has 1 aromatic carbocycles. The minimum absolute atomic E-state index is 0.103. The molecule has 1 atom stereocenters. The zero-order valence-corrected chi connectivity index (χ0v) is 16.8. The summed E-state index contributed by atoms with van der Waals surface area (Å²) in [6.07, 6.45) is 3.00. The highest BCUT2D eigenvalue weighted by atomic mass is 19.3. The van der Waals surface area contributed by atoms with Gasteiger partial charge in [0.2, 0.25) is 0 Å². The molecule has 30 heavy (non-hydrogen) atoms. The molecule has 1 saturated heterocycles. The van der Waals surface area contributed by atoms with E-state index in [1.54, 1.807) is 11.6 Å². The van der Waals surface area contributed by atoms with Crippen LogP contribution in [0.4, 0.5) is 8.78 Å². The molecule has 0 amide bonds. The van der Waals surface area contributed by atoms with E-state index in [-0.39, 0.29) is 29.5 Å². The average molecular weight is 420 g/mol. The molecule has 0 aliphatic carbocycles. The highest BCUT2D eigenvalue weighted by Gasteiger charge is 2.45. The van der Waals surface area contributed by atoms with Gasteiger partial charge in [0, 0.05) is 17.8 Å². The van der Waals surface area contributed by atoms with Gasteiger partial charge < -0.3 is 14.6 Å². The lowest BCUT2D eigenvalue weighted by Crippen LogP contribution is -2.50. The molecule has 0 spiro atoms. The number of halogens is 2. The van der Waals surface area contributed by atoms with Crippen LogP contribution in [0.5, 0.6) is 11.5 Å². The number of carbonyl (C=O) groups is 1. The number of phenols is 1. The third-order valence-corrected chi connectivity index (χ3v) is 5.69. The minimum atomic E-state index is -3.10. The molecule has 0 bridgehead atoms. The largest absolute Gasteiger partial charge is 0.504 e. The molecule has 2 aliphatic heterocycles.